The van der Waals surface area contributed by atoms with Crippen molar-refractivity contribution in [2.24, 2.45) is 5.73 Å². The second kappa shape index (κ2) is 5.33. The molecule has 0 rings (SSSR count). The normalized spacial score (nSPS) is 13.1. The Bertz CT molecular complexity index is 110. The van der Waals surface area contributed by atoms with Crippen LogP contribution in [0.15, 0.2) is 11.3 Å². The van der Waals surface area contributed by atoms with E-state index < -0.39 is 0 Å². The molecule has 1 heteroatoms. The molecule has 0 amide bonds. The average molecular weight is 141 g/mol. The molecule has 0 radical (unpaired) electrons. The molecule has 0 aliphatic heterocycles. The maximum absolute atomic E-state index is 5.60. The minimum atomic E-state index is 0.996. The summed E-state index contributed by atoms with van der Waals surface area (Å²) in [5, 5.41) is 0. The predicted octanol–water partition coefficient (Wildman–Crippen LogP) is 2.82. The van der Waals surface area contributed by atoms with Crippen LogP contribution in [0.1, 0.15) is 46.5 Å². The van der Waals surface area contributed by atoms with Gasteiger partial charge in [-0.2, -0.15) is 0 Å². The van der Waals surface area contributed by atoms with Gasteiger partial charge in [-0.1, -0.05) is 25.3 Å². The Labute approximate surface area is 64.3 Å². The summed E-state index contributed by atoms with van der Waals surface area (Å²) in [7, 11) is 0. The van der Waals surface area contributed by atoms with Crippen LogP contribution in [0.5, 0.6) is 0 Å². The summed E-state index contributed by atoms with van der Waals surface area (Å²) in [6.45, 7) is 6.31. The Balaban J connectivity index is 3.40. The van der Waals surface area contributed by atoms with Crippen LogP contribution in [-0.2, 0) is 0 Å². The minimum absolute atomic E-state index is 0.996. The van der Waals surface area contributed by atoms with E-state index in [-0.39, 0.29) is 0 Å². The molecule has 0 spiro atoms. The minimum Gasteiger partial charge on any atom is -0.402 e. The molecule has 0 bridgehead atoms. The lowest BCUT2D eigenvalue weighted by Crippen LogP contribution is -1.95. The zero-order chi connectivity index (χ0) is 7.98. The van der Waals surface area contributed by atoms with Crippen LogP contribution in [0, 0.1) is 0 Å². The molecule has 0 aromatic rings. The van der Waals surface area contributed by atoms with Crippen molar-refractivity contribution in [3.8, 4) is 0 Å². The fraction of sp³-hybridized carbons (Fsp3) is 0.778. The number of hydrogen-bond donors (Lipinski definition) is 1. The van der Waals surface area contributed by atoms with Crippen LogP contribution in [0.25, 0.3) is 0 Å². The molecule has 1 nitrogen and oxygen atoms in total. The van der Waals surface area contributed by atoms with Crippen molar-refractivity contribution in [1.29, 1.82) is 0 Å². The van der Waals surface area contributed by atoms with Crippen molar-refractivity contribution in [1.82, 2.24) is 0 Å². The Hall–Kier alpha value is -0.460. The highest BCUT2D eigenvalue weighted by atomic mass is 14.6. The number of rotatable bonds is 4. The van der Waals surface area contributed by atoms with Gasteiger partial charge in [-0.15, -0.1) is 0 Å². The van der Waals surface area contributed by atoms with E-state index in [0.29, 0.717) is 0 Å². The van der Waals surface area contributed by atoms with Crippen LogP contribution in [0.3, 0.4) is 0 Å². The van der Waals surface area contributed by atoms with Crippen molar-refractivity contribution >= 4 is 0 Å². The van der Waals surface area contributed by atoms with Gasteiger partial charge in [0.2, 0.25) is 0 Å². The molecule has 2 N–H and O–H groups in total. The average Bonchev–Trinajstić information content (AvgIpc) is 1.88. The van der Waals surface area contributed by atoms with Crippen LogP contribution in [0.2, 0.25) is 0 Å². The van der Waals surface area contributed by atoms with Gasteiger partial charge in [0.05, 0.1) is 0 Å². The Morgan fingerprint density at radius 3 is 2.20 bits per heavy atom. The molecule has 0 atom stereocenters. The largest absolute Gasteiger partial charge is 0.402 e. The van der Waals surface area contributed by atoms with Gasteiger partial charge in [0, 0.05) is 5.70 Å². The summed E-state index contributed by atoms with van der Waals surface area (Å²) in [6.07, 6.45) is 5.08. The predicted molar refractivity (Wildman–Crippen MR) is 46.7 cm³/mol. The highest BCUT2D eigenvalue weighted by Gasteiger charge is 1.91. The van der Waals surface area contributed by atoms with Gasteiger partial charge in [0.25, 0.3) is 0 Å². The molecule has 0 heterocycles. The fourth-order valence-corrected chi connectivity index (χ4v) is 0.837. The Kier molecular flexibility index (Phi) is 5.09. The molecule has 0 aromatic heterocycles. The van der Waals surface area contributed by atoms with E-state index in [2.05, 4.69) is 13.8 Å². The molecule has 0 aliphatic rings. The molecular weight excluding hydrogens is 122 g/mol. The van der Waals surface area contributed by atoms with E-state index in [4.69, 9.17) is 5.73 Å². The van der Waals surface area contributed by atoms with Crippen molar-refractivity contribution in [2.75, 3.05) is 0 Å². The maximum atomic E-state index is 5.60. The van der Waals surface area contributed by atoms with E-state index in [0.717, 1.165) is 5.70 Å². The fourth-order valence-electron chi connectivity index (χ4n) is 0.837. The topological polar surface area (TPSA) is 26.0 Å². The second-order valence-electron chi connectivity index (χ2n) is 2.92. The van der Waals surface area contributed by atoms with Gasteiger partial charge in [0.1, 0.15) is 0 Å². The summed E-state index contributed by atoms with van der Waals surface area (Å²) in [5.74, 6) is 0. The molecule has 0 saturated carbocycles. The summed E-state index contributed by atoms with van der Waals surface area (Å²) in [5.41, 5.74) is 7.95. The number of allylic oxidation sites excluding steroid dienone is 2. The SMILES string of the molecule is CCCCCC(C)=C(C)N. The van der Waals surface area contributed by atoms with E-state index in [9.17, 15) is 0 Å². The first-order chi connectivity index (χ1) is 4.68. The Morgan fingerprint density at radius 1 is 1.20 bits per heavy atom. The highest BCUT2D eigenvalue weighted by molar-refractivity contribution is 5.04. The first kappa shape index (κ1) is 9.54. The second-order valence-corrected chi connectivity index (χ2v) is 2.92. The molecule has 0 fully saturated rings. The summed E-state index contributed by atoms with van der Waals surface area (Å²) < 4.78 is 0. The third-order valence-corrected chi connectivity index (χ3v) is 1.83. The molecule has 0 saturated heterocycles. The number of hydrogen-bond acceptors (Lipinski definition) is 1. The first-order valence-corrected chi connectivity index (χ1v) is 4.10. The molecule has 0 unspecified atom stereocenters. The monoisotopic (exact) mass is 141 g/mol. The smallest absolute Gasteiger partial charge is 0.00379 e. The van der Waals surface area contributed by atoms with Crippen molar-refractivity contribution in [3.05, 3.63) is 11.3 Å². The molecule has 10 heavy (non-hydrogen) atoms. The third-order valence-electron chi connectivity index (χ3n) is 1.83. The van der Waals surface area contributed by atoms with E-state index >= 15 is 0 Å². The van der Waals surface area contributed by atoms with Gasteiger partial charge in [-0.25, -0.2) is 0 Å². The van der Waals surface area contributed by atoms with E-state index in [1.165, 1.54) is 31.3 Å². The third kappa shape index (κ3) is 4.42. The quantitative estimate of drug-likeness (QED) is 0.598. The van der Waals surface area contributed by atoms with Crippen molar-refractivity contribution in [3.63, 3.8) is 0 Å². The lowest BCUT2D eigenvalue weighted by molar-refractivity contribution is 0.709. The highest BCUT2D eigenvalue weighted by Crippen LogP contribution is 2.09. The number of nitrogens with two attached hydrogens (primary N) is 1. The lowest BCUT2D eigenvalue weighted by Gasteiger charge is -2.01. The molecular formula is C9H19N. The van der Waals surface area contributed by atoms with Crippen molar-refractivity contribution in [2.45, 2.75) is 46.5 Å². The van der Waals surface area contributed by atoms with Gasteiger partial charge < -0.3 is 5.73 Å². The molecule has 60 valence electrons. The van der Waals surface area contributed by atoms with E-state index in [1.54, 1.807) is 0 Å². The van der Waals surface area contributed by atoms with Gasteiger partial charge in [-0.05, 0) is 26.7 Å². The van der Waals surface area contributed by atoms with Gasteiger partial charge in [0.15, 0.2) is 0 Å². The summed E-state index contributed by atoms with van der Waals surface area (Å²) in [4.78, 5) is 0. The van der Waals surface area contributed by atoms with Gasteiger partial charge >= 0.3 is 0 Å². The van der Waals surface area contributed by atoms with E-state index in [1.807, 2.05) is 6.92 Å². The zero-order valence-corrected chi connectivity index (χ0v) is 7.41. The zero-order valence-electron chi connectivity index (χ0n) is 7.41. The summed E-state index contributed by atoms with van der Waals surface area (Å²) >= 11 is 0. The molecule has 0 aromatic carbocycles. The van der Waals surface area contributed by atoms with Crippen LogP contribution >= 0.6 is 0 Å². The standard InChI is InChI=1S/C9H19N/c1-4-5-6-7-8(2)9(3)10/h4-7,10H2,1-3H3. The first-order valence-electron chi connectivity index (χ1n) is 4.10. The van der Waals surface area contributed by atoms with Crippen LogP contribution < -0.4 is 5.73 Å². The van der Waals surface area contributed by atoms with Crippen LogP contribution in [0.4, 0.5) is 0 Å². The lowest BCUT2D eigenvalue weighted by atomic mass is 10.1. The Morgan fingerprint density at radius 2 is 1.80 bits per heavy atom. The summed E-state index contributed by atoms with van der Waals surface area (Å²) in [6, 6.07) is 0. The van der Waals surface area contributed by atoms with Crippen molar-refractivity contribution < 1.29 is 0 Å². The van der Waals surface area contributed by atoms with Crippen LogP contribution in [-0.4, -0.2) is 0 Å². The van der Waals surface area contributed by atoms with Gasteiger partial charge in [-0.3, -0.25) is 0 Å². The molecule has 0 aliphatic carbocycles. The number of unbranched alkanes of at least 4 members (excludes halogenated alkanes) is 2. The maximum Gasteiger partial charge on any atom is 0.00379 e.